The van der Waals surface area contributed by atoms with Gasteiger partial charge in [0.05, 0.1) is 18.2 Å². The molecular formula is C23H28N2O3. The van der Waals surface area contributed by atoms with E-state index in [0.29, 0.717) is 18.8 Å². The van der Waals surface area contributed by atoms with Gasteiger partial charge in [-0.05, 0) is 74.3 Å². The zero-order chi connectivity index (χ0) is 19.5. The molecule has 1 saturated heterocycles. The minimum absolute atomic E-state index is 0.0298. The fraction of sp³-hybridized carbons (Fsp3) is 0.478. The van der Waals surface area contributed by atoms with Crippen molar-refractivity contribution in [2.75, 3.05) is 13.1 Å². The fourth-order valence-electron chi connectivity index (χ4n) is 4.37. The van der Waals surface area contributed by atoms with Crippen molar-refractivity contribution in [3.05, 3.63) is 59.0 Å². The first kappa shape index (κ1) is 18.8. The highest BCUT2D eigenvalue weighted by Gasteiger charge is 2.30. The first-order valence-corrected chi connectivity index (χ1v) is 10.4. The van der Waals surface area contributed by atoms with E-state index in [4.69, 9.17) is 4.42 Å². The highest BCUT2D eigenvalue weighted by Crippen LogP contribution is 2.26. The van der Waals surface area contributed by atoms with E-state index in [2.05, 4.69) is 23.5 Å². The van der Waals surface area contributed by atoms with E-state index in [0.717, 1.165) is 31.2 Å². The van der Waals surface area contributed by atoms with Crippen molar-refractivity contribution in [3.63, 3.8) is 0 Å². The first-order chi connectivity index (χ1) is 13.6. The van der Waals surface area contributed by atoms with Gasteiger partial charge in [0.2, 0.25) is 5.91 Å². The number of nitrogens with one attached hydrogen (secondary N) is 1. The summed E-state index contributed by atoms with van der Waals surface area (Å²) in [5, 5.41) is 3.17. The highest BCUT2D eigenvalue weighted by molar-refractivity contribution is 5.92. The molecular weight excluding hydrogens is 352 g/mol. The lowest BCUT2D eigenvalue weighted by molar-refractivity contribution is -0.127. The Bertz CT molecular complexity index is 844. The van der Waals surface area contributed by atoms with Crippen molar-refractivity contribution >= 4 is 11.8 Å². The molecule has 0 bridgehead atoms. The normalized spacial score (nSPS) is 20.3. The van der Waals surface area contributed by atoms with Crippen molar-refractivity contribution in [1.29, 1.82) is 0 Å². The van der Waals surface area contributed by atoms with Crippen LogP contribution in [0.1, 0.15) is 65.9 Å². The van der Waals surface area contributed by atoms with Gasteiger partial charge in [-0.1, -0.05) is 18.2 Å². The molecule has 1 aliphatic heterocycles. The molecule has 2 atom stereocenters. The third-order valence-electron chi connectivity index (χ3n) is 6.04. The average molecular weight is 380 g/mol. The Morgan fingerprint density at radius 1 is 1.14 bits per heavy atom. The summed E-state index contributed by atoms with van der Waals surface area (Å²) in [4.78, 5) is 27.1. The largest absolute Gasteiger partial charge is 0.459 e. The van der Waals surface area contributed by atoms with Crippen molar-refractivity contribution < 1.29 is 14.0 Å². The third kappa shape index (κ3) is 3.98. The van der Waals surface area contributed by atoms with Crippen LogP contribution in [0.3, 0.4) is 0 Å². The smallest absolute Gasteiger partial charge is 0.289 e. The number of carbonyl (C=O) groups excluding carboxylic acids is 2. The summed E-state index contributed by atoms with van der Waals surface area (Å²) < 4.78 is 5.22. The number of rotatable bonds is 4. The number of piperidine rings is 1. The summed E-state index contributed by atoms with van der Waals surface area (Å²) in [6, 6.07) is 9.97. The molecule has 148 valence electrons. The van der Waals surface area contributed by atoms with Crippen LogP contribution in [-0.4, -0.2) is 29.8 Å². The van der Waals surface area contributed by atoms with Crippen LogP contribution >= 0.6 is 0 Å². The quantitative estimate of drug-likeness (QED) is 0.875. The van der Waals surface area contributed by atoms with Crippen LogP contribution in [-0.2, 0) is 17.6 Å². The van der Waals surface area contributed by atoms with Crippen LogP contribution < -0.4 is 5.32 Å². The van der Waals surface area contributed by atoms with Crippen LogP contribution in [0.15, 0.2) is 41.0 Å². The molecule has 2 amide bonds. The van der Waals surface area contributed by atoms with E-state index in [1.807, 2.05) is 6.92 Å². The van der Waals surface area contributed by atoms with Crippen LogP contribution in [0, 0.1) is 5.92 Å². The van der Waals surface area contributed by atoms with Crippen molar-refractivity contribution in [1.82, 2.24) is 10.2 Å². The Labute approximate surface area is 166 Å². The van der Waals surface area contributed by atoms with Gasteiger partial charge in [0, 0.05) is 13.1 Å². The minimum Gasteiger partial charge on any atom is -0.459 e. The van der Waals surface area contributed by atoms with Gasteiger partial charge in [-0.3, -0.25) is 9.59 Å². The molecule has 0 saturated carbocycles. The predicted molar refractivity (Wildman–Crippen MR) is 107 cm³/mol. The third-order valence-corrected chi connectivity index (χ3v) is 6.04. The maximum Gasteiger partial charge on any atom is 0.289 e. The maximum absolute atomic E-state index is 12.9. The summed E-state index contributed by atoms with van der Waals surface area (Å²) >= 11 is 0. The van der Waals surface area contributed by atoms with Gasteiger partial charge in [0.15, 0.2) is 5.76 Å². The van der Waals surface area contributed by atoms with E-state index >= 15 is 0 Å². The number of nitrogens with zero attached hydrogens (tertiary/aromatic N) is 1. The summed E-state index contributed by atoms with van der Waals surface area (Å²) in [7, 11) is 0. The second-order valence-electron chi connectivity index (χ2n) is 8.03. The fourth-order valence-corrected chi connectivity index (χ4v) is 4.37. The number of benzene rings is 1. The Kier molecular flexibility index (Phi) is 5.51. The molecule has 0 spiro atoms. The zero-order valence-corrected chi connectivity index (χ0v) is 16.4. The van der Waals surface area contributed by atoms with Gasteiger partial charge in [-0.25, -0.2) is 0 Å². The number of likely N-dealkylation sites (tertiary alicyclic amines) is 1. The number of fused-ring (bicyclic) bond motifs is 1. The van der Waals surface area contributed by atoms with Crippen molar-refractivity contribution in [2.45, 2.75) is 51.5 Å². The maximum atomic E-state index is 12.9. The number of aryl methyl sites for hydroxylation is 2. The van der Waals surface area contributed by atoms with E-state index in [-0.39, 0.29) is 23.8 Å². The Balaban J connectivity index is 1.38. The lowest BCUT2D eigenvalue weighted by Gasteiger charge is -2.32. The predicted octanol–water partition coefficient (Wildman–Crippen LogP) is 3.89. The molecule has 28 heavy (non-hydrogen) atoms. The topological polar surface area (TPSA) is 62.6 Å². The van der Waals surface area contributed by atoms with E-state index in [9.17, 15) is 9.59 Å². The summed E-state index contributed by atoms with van der Waals surface area (Å²) in [5.41, 5.74) is 4.04. The number of amides is 2. The van der Waals surface area contributed by atoms with E-state index in [1.54, 1.807) is 17.0 Å². The second kappa shape index (κ2) is 8.21. The zero-order valence-electron chi connectivity index (χ0n) is 16.4. The van der Waals surface area contributed by atoms with Crippen molar-refractivity contribution in [2.24, 2.45) is 5.92 Å². The molecule has 5 heteroatoms. The average Bonchev–Trinajstić information content (AvgIpc) is 3.27. The molecule has 1 aromatic heterocycles. The Morgan fingerprint density at radius 3 is 2.75 bits per heavy atom. The van der Waals surface area contributed by atoms with E-state index < -0.39 is 0 Å². The molecule has 2 heterocycles. The standard InChI is InChI=1S/C23H28N2O3/c1-16(18-11-10-17-6-2-3-7-19(17)14-18)24-22(26)20-8-4-12-25(15-20)23(27)21-9-5-13-28-21/h5,9-11,13-14,16,20H,2-4,6-8,12,15H2,1H3,(H,24,26). The number of furan rings is 1. The van der Waals surface area contributed by atoms with Crippen molar-refractivity contribution in [3.8, 4) is 0 Å². The molecule has 0 radical (unpaired) electrons. The molecule has 2 aliphatic rings. The van der Waals surface area contributed by atoms with Gasteiger partial charge in [0.1, 0.15) is 0 Å². The molecule has 1 aliphatic carbocycles. The molecule has 1 N–H and O–H groups in total. The molecule has 1 aromatic carbocycles. The molecule has 2 aromatic rings. The molecule has 1 fully saturated rings. The monoisotopic (exact) mass is 380 g/mol. The number of carbonyl (C=O) groups is 2. The van der Waals surface area contributed by atoms with Gasteiger partial charge >= 0.3 is 0 Å². The van der Waals surface area contributed by atoms with Crippen LogP contribution in [0.4, 0.5) is 0 Å². The Morgan fingerprint density at radius 2 is 1.96 bits per heavy atom. The lowest BCUT2D eigenvalue weighted by atomic mass is 9.89. The summed E-state index contributed by atoms with van der Waals surface area (Å²) in [5.74, 6) is 0.0589. The van der Waals surface area contributed by atoms with Gasteiger partial charge in [0.25, 0.3) is 5.91 Å². The van der Waals surface area contributed by atoms with Crippen LogP contribution in [0.5, 0.6) is 0 Å². The summed E-state index contributed by atoms with van der Waals surface area (Å²) in [6.07, 6.45) is 7.96. The molecule has 5 nitrogen and oxygen atoms in total. The van der Waals surface area contributed by atoms with Gasteiger partial charge in [-0.15, -0.1) is 0 Å². The number of hydrogen-bond acceptors (Lipinski definition) is 3. The number of hydrogen-bond donors (Lipinski definition) is 1. The molecule has 2 unspecified atom stereocenters. The van der Waals surface area contributed by atoms with Crippen LogP contribution in [0.2, 0.25) is 0 Å². The highest BCUT2D eigenvalue weighted by atomic mass is 16.3. The first-order valence-electron chi connectivity index (χ1n) is 10.4. The second-order valence-corrected chi connectivity index (χ2v) is 8.03. The Hall–Kier alpha value is -2.56. The minimum atomic E-state index is -0.173. The van der Waals surface area contributed by atoms with Gasteiger partial charge < -0.3 is 14.6 Å². The SMILES string of the molecule is CC(NC(=O)C1CCCN(C(=O)c2ccco2)C1)c1ccc2c(c1)CCCC2. The summed E-state index contributed by atoms with van der Waals surface area (Å²) in [6.45, 7) is 3.16. The van der Waals surface area contributed by atoms with E-state index in [1.165, 1.54) is 30.2 Å². The molecule has 4 rings (SSSR count). The van der Waals surface area contributed by atoms with Crippen LogP contribution in [0.25, 0.3) is 0 Å². The lowest BCUT2D eigenvalue weighted by Crippen LogP contribution is -2.45. The van der Waals surface area contributed by atoms with Gasteiger partial charge in [-0.2, -0.15) is 0 Å².